The van der Waals surface area contributed by atoms with Crippen molar-refractivity contribution in [3.63, 3.8) is 0 Å². The molecule has 1 saturated heterocycles. The molecule has 0 atom stereocenters. The monoisotopic (exact) mass is 517 g/mol. The van der Waals surface area contributed by atoms with E-state index in [-0.39, 0.29) is 0 Å². The Morgan fingerprint density at radius 1 is 1.06 bits per heavy atom. The van der Waals surface area contributed by atoms with Crippen LogP contribution in [0.15, 0.2) is 42.5 Å². The average Bonchev–Trinajstić information content (AvgIpc) is 3.08. The zero-order valence-corrected chi connectivity index (χ0v) is 22.0. The molecule has 0 saturated carbocycles. The Balaban J connectivity index is 1.35. The lowest BCUT2D eigenvalue weighted by Crippen LogP contribution is -2.49. The van der Waals surface area contributed by atoms with Gasteiger partial charge in [-0.2, -0.15) is 5.10 Å². The number of halogens is 2. The molecule has 1 aliphatic rings. The first-order valence-electron chi connectivity index (χ1n) is 11.2. The number of thiocarbonyl (C=S) groups is 1. The van der Waals surface area contributed by atoms with Crippen molar-refractivity contribution < 1.29 is 4.74 Å². The molecule has 34 heavy (non-hydrogen) atoms. The van der Waals surface area contributed by atoms with Gasteiger partial charge in [0.15, 0.2) is 5.11 Å². The van der Waals surface area contributed by atoms with Crippen LogP contribution in [0.5, 0.6) is 5.75 Å². The summed E-state index contributed by atoms with van der Waals surface area (Å²) in [6.07, 6.45) is 0. The van der Waals surface area contributed by atoms with Crippen molar-refractivity contribution >= 4 is 46.2 Å². The van der Waals surface area contributed by atoms with Gasteiger partial charge in [0.2, 0.25) is 0 Å². The second-order valence-electron chi connectivity index (χ2n) is 8.48. The highest BCUT2D eigenvalue weighted by molar-refractivity contribution is 7.80. The van der Waals surface area contributed by atoms with Crippen LogP contribution in [0.3, 0.4) is 0 Å². The molecule has 2 aromatic carbocycles. The molecule has 0 aliphatic carbocycles. The maximum atomic E-state index is 6.36. The molecule has 0 bridgehead atoms. The van der Waals surface area contributed by atoms with Crippen molar-refractivity contribution in [3.8, 4) is 5.75 Å². The van der Waals surface area contributed by atoms with Crippen molar-refractivity contribution in [1.29, 1.82) is 0 Å². The van der Waals surface area contributed by atoms with E-state index in [0.29, 0.717) is 16.6 Å². The maximum Gasteiger partial charge on any atom is 0.173 e. The van der Waals surface area contributed by atoms with Gasteiger partial charge >= 0.3 is 0 Å². The zero-order chi connectivity index (χ0) is 24.2. The zero-order valence-electron chi connectivity index (χ0n) is 19.6. The van der Waals surface area contributed by atoms with Gasteiger partial charge in [-0.05, 0) is 61.5 Å². The van der Waals surface area contributed by atoms with Crippen LogP contribution in [0.25, 0.3) is 0 Å². The predicted octanol–water partition coefficient (Wildman–Crippen LogP) is 5.38. The van der Waals surface area contributed by atoms with Crippen molar-refractivity contribution in [2.45, 2.75) is 26.9 Å². The molecular weight excluding hydrogens is 489 g/mol. The summed E-state index contributed by atoms with van der Waals surface area (Å²) in [5.41, 5.74) is 5.10. The summed E-state index contributed by atoms with van der Waals surface area (Å²) in [7, 11) is 1.70. The number of hydrogen-bond acceptors (Lipinski definition) is 4. The molecule has 1 fully saturated rings. The number of rotatable bonds is 6. The van der Waals surface area contributed by atoms with Crippen LogP contribution in [-0.4, -0.2) is 58.0 Å². The lowest BCUT2D eigenvalue weighted by molar-refractivity contribution is 0.177. The number of aryl methyl sites for hydroxylation is 1. The fourth-order valence-corrected chi connectivity index (χ4v) is 4.92. The Morgan fingerprint density at radius 3 is 2.53 bits per heavy atom. The van der Waals surface area contributed by atoms with E-state index in [0.717, 1.165) is 66.2 Å². The Bertz CT molecular complexity index is 1170. The third kappa shape index (κ3) is 5.84. The summed E-state index contributed by atoms with van der Waals surface area (Å²) in [4.78, 5) is 4.67. The number of aromatic nitrogens is 2. The summed E-state index contributed by atoms with van der Waals surface area (Å²) in [6, 6.07) is 13.8. The molecule has 2 heterocycles. The number of piperazine rings is 1. The highest BCUT2D eigenvalue weighted by Crippen LogP contribution is 2.25. The molecule has 4 rings (SSSR count). The molecule has 1 aromatic heterocycles. The predicted molar refractivity (Wildman–Crippen MR) is 143 cm³/mol. The highest BCUT2D eigenvalue weighted by atomic mass is 35.5. The minimum Gasteiger partial charge on any atom is -0.497 e. The van der Waals surface area contributed by atoms with Crippen LogP contribution in [-0.2, 0) is 13.1 Å². The smallest absolute Gasteiger partial charge is 0.173 e. The molecule has 9 heteroatoms. The molecule has 0 radical (unpaired) electrons. The Kier molecular flexibility index (Phi) is 7.99. The van der Waals surface area contributed by atoms with Gasteiger partial charge in [-0.25, -0.2) is 0 Å². The van der Waals surface area contributed by atoms with Gasteiger partial charge in [-0.15, -0.1) is 0 Å². The van der Waals surface area contributed by atoms with Crippen LogP contribution in [0.1, 0.15) is 22.5 Å². The first-order chi connectivity index (χ1) is 16.3. The van der Waals surface area contributed by atoms with Gasteiger partial charge in [0.25, 0.3) is 0 Å². The quantitative estimate of drug-likeness (QED) is 0.443. The third-order valence-electron chi connectivity index (χ3n) is 6.15. The van der Waals surface area contributed by atoms with Crippen LogP contribution >= 0.6 is 35.4 Å². The molecule has 0 unspecified atom stereocenters. The Morgan fingerprint density at radius 2 is 1.82 bits per heavy atom. The van der Waals surface area contributed by atoms with Gasteiger partial charge in [-0.1, -0.05) is 41.4 Å². The molecule has 1 N–H and O–H groups in total. The summed E-state index contributed by atoms with van der Waals surface area (Å²) in [6.45, 7) is 9.16. The summed E-state index contributed by atoms with van der Waals surface area (Å²) in [5.74, 6) is 0.895. The molecule has 1 aliphatic heterocycles. The number of hydrogen-bond donors (Lipinski definition) is 1. The fraction of sp³-hybridized carbons (Fsp3) is 0.360. The van der Waals surface area contributed by atoms with E-state index in [4.69, 9.17) is 45.3 Å². The SMILES string of the molecule is COc1cccc(CN2CCN(C(=S)Nc3c(C)nn(Cc4ccc(Cl)cc4Cl)c3C)CC2)c1. The number of anilines is 1. The maximum absolute atomic E-state index is 6.36. The largest absolute Gasteiger partial charge is 0.497 e. The van der Waals surface area contributed by atoms with Crippen molar-refractivity contribution in [3.05, 3.63) is 75.0 Å². The van der Waals surface area contributed by atoms with Crippen LogP contribution in [0, 0.1) is 13.8 Å². The van der Waals surface area contributed by atoms with E-state index in [1.165, 1.54) is 5.56 Å². The van der Waals surface area contributed by atoms with E-state index in [1.54, 1.807) is 13.2 Å². The molecule has 180 valence electrons. The molecule has 0 amide bonds. The van der Waals surface area contributed by atoms with E-state index in [9.17, 15) is 0 Å². The van der Waals surface area contributed by atoms with Gasteiger partial charge in [-0.3, -0.25) is 9.58 Å². The van der Waals surface area contributed by atoms with Crippen molar-refractivity contribution in [1.82, 2.24) is 19.6 Å². The van der Waals surface area contributed by atoms with E-state index >= 15 is 0 Å². The van der Waals surface area contributed by atoms with Gasteiger partial charge in [0.05, 0.1) is 30.7 Å². The van der Waals surface area contributed by atoms with E-state index in [2.05, 4.69) is 27.2 Å². The molecule has 0 spiro atoms. The Labute approximate surface area is 216 Å². The number of ether oxygens (including phenoxy) is 1. The minimum atomic E-state index is 0.570. The Hall–Kier alpha value is -2.32. The third-order valence-corrected chi connectivity index (χ3v) is 7.10. The number of methoxy groups -OCH3 is 1. The molecule has 6 nitrogen and oxygen atoms in total. The van der Waals surface area contributed by atoms with Crippen LogP contribution < -0.4 is 10.1 Å². The first kappa shape index (κ1) is 24.8. The second-order valence-corrected chi connectivity index (χ2v) is 9.71. The second kappa shape index (κ2) is 11.0. The molecular formula is C25H29Cl2N5OS. The number of nitrogens with zero attached hydrogens (tertiary/aromatic N) is 4. The summed E-state index contributed by atoms with van der Waals surface area (Å²) >= 11 is 18.2. The van der Waals surface area contributed by atoms with Gasteiger partial charge < -0.3 is 15.0 Å². The first-order valence-corrected chi connectivity index (χ1v) is 12.4. The minimum absolute atomic E-state index is 0.570. The lowest BCUT2D eigenvalue weighted by Gasteiger charge is -2.36. The number of nitrogens with one attached hydrogen (secondary N) is 1. The van der Waals surface area contributed by atoms with Crippen molar-refractivity contribution in [2.75, 3.05) is 38.6 Å². The highest BCUT2D eigenvalue weighted by Gasteiger charge is 2.21. The van der Waals surface area contributed by atoms with E-state index in [1.807, 2.05) is 42.8 Å². The fourth-order valence-electron chi connectivity index (χ4n) is 4.17. The summed E-state index contributed by atoms with van der Waals surface area (Å²) < 4.78 is 7.29. The van der Waals surface area contributed by atoms with Crippen LogP contribution in [0.2, 0.25) is 10.0 Å². The standard InChI is InChI=1S/C25H29Cl2N5OS/c1-17-24(18(2)32(29-17)16-20-7-8-21(26)14-23(20)27)28-25(34)31-11-9-30(10-12-31)15-19-5-4-6-22(13-19)33-3/h4-8,13-14H,9-12,15-16H2,1-3H3,(H,28,34). The van der Waals surface area contributed by atoms with Crippen molar-refractivity contribution in [2.24, 2.45) is 0 Å². The molecule has 3 aromatic rings. The van der Waals surface area contributed by atoms with Crippen LogP contribution in [0.4, 0.5) is 5.69 Å². The lowest BCUT2D eigenvalue weighted by atomic mass is 10.2. The normalized spacial score (nSPS) is 14.3. The van der Waals surface area contributed by atoms with Gasteiger partial charge in [0, 0.05) is 42.8 Å². The number of benzene rings is 2. The summed E-state index contributed by atoms with van der Waals surface area (Å²) in [5, 5.41) is 10.1. The topological polar surface area (TPSA) is 45.6 Å². The van der Waals surface area contributed by atoms with Gasteiger partial charge in [0.1, 0.15) is 5.75 Å². The van der Waals surface area contributed by atoms with E-state index < -0.39 is 0 Å². The average molecular weight is 519 g/mol.